The van der Waals surface area contributed by atoms with Crippen molar-refractivity contribution in [2.45, 2.75) is 25.8 Å². The average Bonchev–Trinajstić information content (AvgIpc) is 2.59. The van der Waals surface area contributed by atoms with Crippen molar-refractivity contribution >= 4 is 11.6 Å². The first-order chi connectivity index (χ1) is 6.70. The minimum atomic E-state index is 0.675. The SMILES string of the molecule is CCN(C)C1Cc2ccc(Cl)cc2C1. The van der Waals surface area contributed by atoms with Crippen LogP contribution < -0.4 is 0 Å². The highest BCUT2D eigenvalue weighted by Gasteiger charge is 2.23. The smallest absolute Gasteiger partial charge is 0.0408 e. The summed E-state index contributed by atoms with van der Waals surface area (Å²) < 4.78 is 0. The van der Waals surface area contributed by atoms with Crippen molar-refractivity contribution in [1.82, 2.24) is 4.90 Å². The maximum Gasteiger partial charge on any atom is 0.0408 e. The van der Waals surface area contributed by atoms with Gasteiger partial charge in [-0.3, -0.25) is 0 Å². The topological polar surface area (TPSA) is 3.24 Å². The van der Waals surface area contributed by atoms with Gasteiger partial charge in [0.2, 0.25) is 0 Å². The van der Waals surface area contributed by atoms with Crippen LogP contribution in [-0.2, 0) is 12.8 Å². The van der Waals surface area contributed by atoms with Crippen LogP contribution in [-0.4, -0.2) is 24.5 Å². The standard InChI is InChI=1S/C12H16ClN/c1-3-14(2)12-7-9-4-5-11(13)6-10(9)8-12/h4-6,12H,3,7-8H2,1-2H3. The molecule has 0 heterocycles. The zero-order valence-corrected chi connectivity index (χ0v) is 9.51. The van der Waals surface area contributed by atoms with E-state index >= 15 is 0 Å². The van der Waals surface area contributed by atoms with E-state index in [0.29, 0.717) is 6.04 Å². The maximum atomic E-state index is 5.97. The summed E-state index contributed by atoms with van der Waals surface area (Å²) in [6.07, 6.45) is 2.33. The van der Waals surface area contributed by atoms with E-state index in [2.05, 4.69) is 31.0 Å². The van der Waals surface area contributed by atoms with E-state index in [1.54, 1.807) is 0 Å². The molecule has 1 aromatic carbocycles. The van der Waals surface area contributed by atoms with Crippen LogP contribution in [0.3, 0.4) is 0 Å². The Hall–Kier alpha value is -0.530. The van der Waals surface area contributed by atoms with Gasteiger partial charge in [-0.1, -0.05) is 24.6 Å². The third-order valence-electron chi connectivity index (χ3n) is 3.20. The molecule has 1 nitrogen and oxygen atoms in total. The Morgan fingerprint density at radius 2 is 2.07 bits per heavy atom. The zero-order valence-electron chi connectivity index (χ0n) is 8.76. The first-order valence-corrected chi connectivity index (χ1v) is 5.56. The number of benzene rings is 1. The Morgan fingerprint density at radius 3 is 2.79 bits per heavy atom. The van der Waals surface area contributed by atoms with Gasteiger partial charge in [0, 0.05) is 11.1 Å². The Kier molecular flexibility index (Phi) is 2.80. The number of nitrogens with zero attached hydrogens (tertiary/aromatic N) is 1. The van der Waals surface area contributed by atoms with Crippen molar-refractivity contribution in [3.8, 4) is 0 Å². The van der Waals surface area contributed by atoms with Gasteiger partial charge in [0.15, 0.2) is 0 Å². The molecule has 0 spiro atoms. The largest absolute Gasteiger partial charge is 0.303 e. The second kappa shape index (κ2) is 3.92. The van der Waals surface area contributed by atoms with Crippen molar-refractivity contribution < 1.29 is 0 Å². The number of hydrogen-bond donors (Lipinski definition) is 0. The Labute approximate surface area is 90.7 Å². The van der Waals surface area contributed by atoms with Crippen LogP contribution in [0.4, 0.5) is 0 Å². The van der Waals surface area contributed by atoms with Crippen LogP contribution in [0.15, 0.2) is 18.2 Å². The van der Waals surface area contributed by atoms with Gasteiger partial charge in [0.25, 0.3) is 0 Å². The van der Waals surface area contributed by atoms with Crippen LogP contribution >= 0.6 is 11.6 Å². The lowest BCUT2D eigenvalue weighted by Gasteiger charge is -2.21. The Balaban J connectivity index is 2.17. The molecular formula is C12H16ClN. The molecule has 2 rings (SSSR count). The summed E-state index contributed by atoms with van der Waals surface area (Å²) >= 11 is 5.97. The van der Waals surface area contributed by atoms with Crippen LogP contribution in [0.25, 0.3) is 0 Å². The predicted octanol–water partition coefficient (Wildman–Crippen LogP) is 2.76. The highest BCUT2D eigenvalue weighted by Crippen LogP contribution is 2.27. The minimum Gasteiger partial charge on any atom is -0.303 e. The molecule has 0 aromatic heterocycles. The van der Waals surface area contributed by atoms with Gasteiger partial charge in [0.1, 0.15) is 0 Å². The molecule has 0 fully saturated rings. The number of hydrogen-bond acceptors (Lipinski definition) is 1. The second-order valence-electron chi connectivity index (χ2n) is 4.05. The zero-order chi connectivity index (χ0) is 10.1. The van der Waals surface area contributed by atoms with Crippen molar-refractivity contribution in [3.05, 3.63) is 34.3 Å². The first-order valence-electron chi connectivity index (χ1n) is 5.18. The van der Waals surface area contributed by atoms with Gasteiger partial charge < -0.3 is 4.90 Å². The third kappa shape index (κ3) is 1.79. The molecule has 0 amide bonds. The van der Waals surface area contributed by atoms with Crippen molar-refractivity contribution in [1.29, 1.82) is 0 Å². The second-order valence-corrected chi connectivity index (χ2v) is 4.48. The van der Waals surface area contributed by atoms with Gasteiger partial charge in [0.05, 0.1) is 0 Å². The summed E-state index contributed by atoms with van der Waals surface area (Å²) in [5.41, 5.74) is 2.91. The summed E-state index contributed by atoms with van der Waals surface area (Å²) in [4.78, 5) is 2.41. The maximum absolute atomic E-state index is 5.97. The molecule has 0 saturated heterocycles. The summed E-state index contributed by atoms with van der Waals surface area (Å²) in [7, 11) is 2.19. The molecule has 0 saturated carbocycles. The van der Waals surface area contributed by atoms with Crippen LogP contribution in [0.2, 0.25) is 5.02 Å². The van der Waals surface area contributed by atoms with E-state index in [1.807, 2.05) is 6.07 Å². The first kappa shape index (κ1) is 10.0. The molecule has 76 valence electrons. The van der Waals surface area contributed by atoms with E-state index in [4.69, 9.17) is 11.6 Å². The average molecular weight is 210 g/mol. The highest BCUT2D eigenvalue weighted by molar-refractivity contribution is 6.30. The number of halogens is 1. The van der Waals surface area contributed by atoms with E-state index in [-0.39, 0.29) is 0 Å². The molecular weight excluding hydrogens is 194 g/mol. The summed E-state index contributed by atoms with van der Waals surface area (Å²) in [5, 5.41) is 0.864. The number of rotatable bonds is 2. The quantitative estimate of drug-likeness (QED) is 0.724. The molecule has 14 heavy (non-hydrogen) atoms. The van der Waals surface area contributed by atoms with Gasteiger partial charge in [-0.2, -0.15) is 0 Å². The van der Waals surface area contributed by atoms with Crippen LogP contribution in [0, 0.1) is 0 Å². The number of fused-ring (bicyclic) bond motifs is 1. The monoisotopic (exact) mass is 209 g/mol. The van der Waals surface area contributed by atoms with Gasteiger partial charge in [-0.25, -0.2) is 0 Å². The molecule has 0 bridgehead atoms. The predicted molar refractivity (Wildman–Crippen MR) is 61.0 cm³/mol. The summed E-state index contributed by atoms with van der Waals surface area (Å²) in [6, 6.07) is 6.95. The molecule has 0 radical (unpaired) electrons. The van der Waals surface area contributed by atoms with Crippen molar-refractivity contribution in [2.24, 2.45) is 0 Å². The highest BCUT2D eigenvalue weighted by atomic mass is 35.5. The molecule has 1 aliphatic carbocycles. The minimum absolute atomic E-state index is 0.675. The van der Waals surface area contributed by atoms with Crippen molar-refractivity contribution in [2.75, 3.05) is 13.6 Å². The fourth-order valence-electron chi connectivity index (χ4n) is 2.13. The summed E-state index contributed by atoms with van der Waals surface area (Å²) in [5.74, 6) is 0. The van der Waals surface area contributed by atoms with E-state index in [1.165, 1.54) is 17.5 Å². The molecule has 1 aromatic rings. The molecule has 2 heteroatoms. The molecule has 1 unspecified atom stereocenters. The molecule has 1 aliphatic rings. The fraction of sp³-hybridized carbons (Fsp3) is 0.500. The Morgan fingerprint density at radius 1 is 1.36 bits per heavy atom. The fourth-order valence-corrected chi connectivity index (χ4v) is 2.33. The molecule has 0 aliphatic heterocycles. The lowest BCUT2D eigenvalue weighted by atomic mass is 10.1. The van der Waals surface area contributed by atoms with E-state index < -0.39 is 0 Å². The van der Waals surface area contributed by atoms with Gasteiger partial charge in [-0.05, 0) is 49.7 Å². The van der Waals surface area contributed by atoms with Crippen molar-refractivity contribution in [3.63, 3.8) is 0 Å². The van der Waals surface area contributed by atoms with Gasteiger partial charge >= 0.3 is 0 Å². The molecule has 0 N–H and O–H groups in total. The third-order valence-corrected chi connectivity index (χ3v) is 3.44. The summed E-state index contributed by atoms with van der Waals surface area (Å²) in [6.45, 7) is 3.32. The van der Waals surface area contributed by atoms with Crippen LogP contribution in [0.1, 0.15) is 18.1 Å². The van der Waals surface area contributed by atoms with E-state index in [0.717, 1.165) is 18.0 Å². The van der Waals surface area contributed by atoms with Crippen LogP contribution in [0.5, 0.6) is 0 Å². The molecule has 1 atom stereocenters. The number of likely N-dealkylation sites (N-methyl/N-ethyl adjacent to an activating group) is 1. The van der Waals surface area contributed by atoms with Gasteiger partial charge in [-0.15, -0.1) is 0 Å². The lowest BCUT2D eigenvalue weighted by Crippen LogP contribution is -2.31. The normalized spacial score (nSPS) is 20.1. The Bertz CT molecular complexity index is 335. The lowest BCUT2D eigenvalue weighted by molar-refractivity contribution is 0.262. The van der Waals surface area contributed by atoms with E-state index in [9.17, 15) is 0 Å².